The van der Waals surface area contributed by atoms with Gasteiger partial charge in [0.25, 0.3) is 0 Å². The van der Waals surface area contributed by atoms with Crippen molar-refractivity contribution in [1.82, 2.24) is 30.2 Å². The molecule has 204 valence electrons. The summed E-state index contributed by atoms with van der Waals surface area (Å²) in [5.41, 5.74) is 3.66. The summed E-state index contributed by atoms with van der Waals surface area (Å²) < 4.78 is 7.45. The van der Waals surface area contributed by atoms with Crippen molar-refractivity contribution in [2.45, 2.75) is 89.9 Å². The molecular formula is C28H39N7O3. The second-order valence-electron chi connectivity index (χ2n) is 12.5. The Labute approximate surface area is 222 Å². The summed E-state index contributed by atoms with van der Waals surface area (Å²) in [6, 6.07) is 0.726. The maximum Gasteiger partial charge on any atom is 0.240 e. The molecule has 0 unspecified atom stereocenters. The fourth-order valence-corrected chi connectivity index (χ4v) is 7.78. The first-order chi connectivity index (χ1) is 18.3. The highest BCUT2D eigenvalue weighted by Gasteiger charge is 2.69. The number of hydrogen-bond donors (Lipinski definition) is 2. The van der Waals surface area contributed by atoms with Gasteiger partial charge in [-0.25, -0.2) is 0 Å². The molecule has 1 amide bonds. The summed E-state index contributed by atoms with van der Waals surface area (Å²) in [4.78, 5) is 31.5. The van der Waals surface area contributed by atoms with E-state index in [4.69, 9.17) is 14.9 Å². The number of aromatic nitrogens is 4. The Morgan fingerprint density at radius 2 is 2.08 bits per heavy atom. The minimum atomic E-state index is -0.0711. The number of pyridine rings is 1. The zero-order valence-electron chi connectivity index (χ0n) is 22.8. The first-order valence-corrected chi connectivity index (χ1v) is 14.4. The molecule has 0 radical (unpaired) electrons. The van der Waals surface area contributed by atoms with E-state index < -0.39 is 0 Å². The van der Waals surface area contributed by atoms with Crippen LogP contribution in [0.4, 0.5) is 5.69 Å². The lowest BCUT2D eigenvalue weighted by Crippen LogP contribution is -2.76. The van der Waals surface area contributed by atoms with Gasteiger partial charge in [0, 0.05) is 42.8 Å². The zero-order chi connectivity index (χ0) is 26.2. The van der Waals surface area contributed by atoms with Gasteiger partial charge in [-0.05, 0) is 55.9 Å². The lowest BCUT2D eigenvalue weighted by molar-refractivity contribution is -0.187. The van der Waals surface area contributed by atoms with Crippen LogP contribution in [0.25, 0.3) is 16.9 Å². The van der Waals surface area contributed by atoms with Crippen LogP contribution in [0.3, 0.4) is 0 Å². The van der Waals surface area contributed by atoms with Crippen LogP contribution in [0.1, 0.15) is 65.0 Å². The molecule has 2 N–H and O–H groups in total. The first kappa shape index (κ1) is 24.3. The zero-order valence-corrected chi connectivity index (χ0v) is 22.8. The number of hydrogen-bond acceptors (Lipinski definition) is 7. The third kappa shape index (κ3) is 3.52. The molecule has 2 aliphatic heterocycles. The number of ether oxygens (including phenoxy) is 1. The average Bonchev–Trinajstić information content (AvgIpc) is 3.29. The molecule has 5 fully saturated rings. The number of rotatable bonds is 7. The topological polar surface area (TPSA) is 106 Å². The van der Waals surface area contributed by atoms with Crippen LogP contribution in [0.15, 0.2) is 10.9 Å². The van der Waals surface area contributed by atoms with Gasteiger partial charge < -0.3 is 24.8 Å². The molecule has 1 saturated heterocycles. The second-order valence-corrected chi connectivity index (χ2v) is 12.5. The van der Waals surface area contributed by atoms with Gasteiger partial charge >= 0.3 is 0 Å². The normalized spacial score (nSPS) is 31.8. The van der Waals surface area contributed by atoms with Gasteiger partial charge in [0.1, 0.15) is 12.2 Å². The molecule has 2 aromatic rings. The summed E-state index contributed by atoms with van der Waals surface area (Å²) >= 11 is 0. The van der Waals surface area contributed by atoms with Crippen LogP contribution < -0.4 is 21.0 Å². The van der Waals surface area contributed by atoms with Gasteiger partial charge in [-0.15, -0.1) is 10.2 Å². The van der Waals surface area contributed by atoms with Crippen LogP contribution >= 0.6 is 0 Å². The van der Waals surface area contributed by atoms with Gasteiger partial charge in [0.2, 0.25) is 11.3 Å². The highest BCUT2D eigenvalue weighted by Crippen LogP contribution is 2.70. The molecule has 4 heterocycles. The summed E-state index contributed by atoms with van der Waals surface area (Å²) in [6.07, 6.45) is 8.72. The minimum absolute atomic E-state index is 0.00526. The third-order valence-corrected chi connectivity index (χ3v) is 10.1. The van der Waals surface area contributed by atoms with Crippen molar-refractivity contribution in [1.29, 1.82) is 0 Å². The number of carbonyl (C=O) groups excluding carboxylic acids is 1. The summed E-state index contributed by atoms with van der Waals surface area (Å²) in [7, 11) is 0. The molecule has 10 heteroatoms. The second kappa shape index (κ2) is 8.64. The van der Waals surface area contributed by atoms with E-state index >= 15 is 0 Å². The number of amides is 1. The Morgan fingerprint density at radius 1 is 1.26 bits per heavy atom. The number of anilines is 1. The summed E-state index contributed by atoms with van der Waals surface area (Å²) in [6.45, 7) is 9.52. The smallest absolute Gasteiger partial charge is 0.240 e. The molecule has 0 spiro atoms. The number of carbonyl (C=O) groups is 1. The lowest BCUT2D eigenvalue weighted by Gasteiger charge is -2.72. The standard InChI is InChI=1S/C28H39N7O3/c1-4-20-24(33-10-9-29-19-5-6-21(19)33)25(37)23-26(32-35(31-23)18-7-11-38-12-8-18)34(20)13-22(36)30-28-14-27(15-28,16-28)17(2)3/h7,17,19,21,29H,4-6,8-16H2,1-3H3,(H,30,36)/t19-,21-,27?,28?/m0/s1. The predicted molar refractivity (Wildman–Crippen MR) is 145 cm³/mol. The van der Waals surface area contributed by atoms with Crippen LogP contribution in [0, 0.1) is 11.3 Å². The monoisotopic (exact) mass is 521 g/mol. The molecule has 4 saturated carbocycles. The quantitative estimate of drug-likeness (QED) is 0.574. The van der Waals surface area contributed by atoms with Gasteiger partial charge in [-0.2, -0.15) is 4.80 Å². The van der Waals surface area contributed by atoms with Crippen molar-refractivity contribution in [2.24, 2.45) is 11.3 Å². The van der Waals surface area contributed by atoms with E-state index in [0.717, 1.165) is 56.6 Å². The Morgan fingerprint density at radius 3 is 2.74 bits per heavy atom. The van der Waals surface area contributed by atoms with Crippen LogP contribution in [-0.2, 0) is 22.5 Å². The van der Waals surface area contributed by atoms with E-state index in [9.17, 15) is 9.59 Å². The highest BCUT2D eigenvalue weighted by atomic mass is 16.5. The van der Waals surface area contributed by atoms with Crippen molar-refractivity contribution in [2.75, 3.05) is 31.2 Å². The van der Waals surface area contributed by atoms with Gasteiger partial charge in [0.05, 0.1) is 18.9 Å². The first-order valence-electron chi connectivity index (χ1n) is 14.4. The Bertz CT molecular complexity index is 1370. The van der Waals surface area contributed by atoms with E-state index in [0.29, 0.717) is 66.3 Å². The molecule has 8 rings (SSSR count). The molecule has 2 bridgehead atoms. The van der Waals surface area contributed by atoms with Crippen molar-refractivity contribution in [3.05, 3.63) is 22.0 Å². The third-order valence-electron chi connectivity index (χ3n) is 10.1. The average molecular weight is 522 g/mol. The summed E-state index contributed by atoms with van der Waals surface area (Å²) in [5.74, 6) is 0.646. The van der Waals surface area contributed by atoms with E-state index in [-0.39, 0.29) is 23.4 Å². The van der Waals surface area contributed by atoms with Gasteiger partial charge in [0.15, 0.2) is 11.2 Å². The predicted octanol–water partition coefficient (Wildman–Crippen LogP) is 2.05. The molecule has 0 aromatic carbocycles. The van der Waals surface area contributed by atoms with Crippen molar-refractivity contribution < 1.29 is 9.53 Å². The molecule has 10 nitrogen and oxygen atoms in total. The van der Waals surface area contributed by atoms with Crippen LogP contribution in [0.5, 0.6) is 0 Å². The number of nitrogens with one attached hydrogen (secondary N) is 2. The lowest BCUT2D eigenvalue weighted by atomic mass is 9.36. The van der Waals surface area contributed by atoms with E-state index in [2.05, 4.69) is 36.3 Å². The van der Waals surface area contributed by atoms with Crippen LogP contribution in [-0.4, -0.2) is 69.4 Å². The molecule has 6 aliphatic rings. The number of nitrogens with zero attached hydrogens (tertiary/aromatic N) is 5. The molecule has 2 aromatic heterocycles. The van der Waals surface area contributed by atoms with Crippen LogP contribution in [0.2, 0.25) is 0 Å². The van der Waals surface area contributed by atoms with Crippen molar-refractivity contribution in [3.8, 4) is 0 Å². The molecular weight excluding hydrogens is 482 g/mol. The Balaban J connectivity index is 1.29. The van der Waals surface area contributed by atoms with E-state index in [1.54, 1.807) is 4.80 Å². The number of fused-ring (bicyclic) bond motifs is 2. The molecule has 38 heavy (non-hydrogen) atoms. The Kier molecular flexibility index (Phi) is 5.53. The van der Waals surface area contributed by atoms with Crippen molar-refractivity contribution in [3.63, 3.8) is 0 Å². The largest absolute Gasteiger partial charge is 0.377 e. The fourth-order valence-electron chi connectivity index (χ4n) is 7.78. The van der Waals surface area contributed by atoms with Gasteiger partial charge in [-0.3, -0.25) is 9.59 Å². The fraction of sp³-hybridized carbons (Fsp3) is 0.714. The number of piperazine rings is 1. The molecule has 2 atom stereocenters. The van der Waals surface area contributed by atoms with Crippen molar-refractivity contribution >= 4 is 28.5 Å². The Hall–Kier alpha value is -2.72. The highest BCUT2D eigenvalue weighted by molar-refractivity contribution is 5.82. The maximum atomic E-state index is 14.1. The van der Waals surface area contributed by atoms with E-state index in [1.165, 1.54) is 0 Å². The van der Waals surface area contributed by atoms with E-state index in [1.807, 2.05) is 10.6 Å². The van der Waals surface area contributed by atoms with Gasteiger partial charge in [-0.1, -0.05) is 20.8 Å². The SMILES string of the molecule is CCc1c(N2CCN[C@H]3CC[C@@H]32)c(=O)c2nn(C3=CCOCC3)nc2n1CC(=O)NC12CC(C(C)C)(C1)C2. The minimum Gasteiger partial charge on any atom is -0.377 e. The maximum absolute atomic E-state index is 14.1. The summed E-state index contributed by atoms with van der Waals surface area (Å²) in [5, 5.41) is 16.5. The molecule has 4 aliphatic carbocycles.